The summed E-state index contributed by atoms with van der Waals surface area (Å²) in [4.78, 5) is 3.80. The summed E-state index contributed by atoms with van der Waals surface area (Å²) in [6.07, 6.45) is 0. The van der Waals surface area contributed by atoms with E-state index in [1.54, 1.807) is 0 Å². The smallest absolute Gasteiger partial charge is 0.0772 e. The highest BCUT2D eigenvalue weighted by molar-refractivity contribution is 7.05. The van der Waals surface area contributed by atoms with E-state index in [2.05, 4.69) is 26.7 Å². The zero-order valence-electron chi connectivity index (χ0n) is 8.66. The molecule has 2 rings (SSSR count). The zero-order valence-corrected chi connectivity index (χ0v) is 9.47. The van der Waals surface area contributed by atoms with E-state index in [1.165, 1.54) is 16.4 Å². The summed E-state index contributed by atoms with van der Waals surface area (Å²) in [7, 11) is 0. The lowest BCUT2D eigenvalue weighted by Gasteiger charge is -2.32. The second kappa shape index (κ2) is 4.33. The van der Waals surface area contributed by atoms with Gasteiger partial charge in [0.05, 0.1) is 10.6 Å². The first-order valence-corrected chi connectivity index (χ1v) is 5.80. The van der Waals surface area contributed by atoms with Gasteiger partial charge in [-0.15, -0.1) is 5.10 Å². The molecular formula is C9H16N4S. The molecule has 0 saturated carbocycles. The van der Waals surface area contributed by atoms with Gasteiger partial charge in [0, 0.05) is 32.2 Å². The Hall–Kier alpha value is -0.520. The molecule has 1 aromatic rings. The molecule has 0 radical (unpaired) electrons. The van der Waals surface area contributed by atoms with Crippen molar-refractivity contribution in [1.82, 2.24) is 19.8 Å². The van der Waals surface area contributed by atoms with Gasteiger partial charge in [0.15, 0.2) is 0 Å². The molecule has 1 atom stereocenters. The Labute approximate surface area is 88.5 Å². The van der Waals surface area contributed by atoms with Crippen LogP contribution in [0, 0.1) is 6.92 Å². The maximum Gasteiger partial charge on any atom is 0.0772 e. The van der Waals surface area contributed by atoms with Gasteiger partial charge in [-0.1, -0.05) is 4.49 Å². The first-order chi connectivity index (χ1) is 6.79. The van der Waals surface area contributed by atoms with Crippen LogP contribution in [0.3, 0.4) is 0 Å². The fraction of sp³-hybridized carbons (Fsp3) is 0.778. The average molecular weight is 212 g/mol. The Kier molecular flexibility index (Phi) is 3.10. The molecule has 0 aromatic carbocycles. The van der Waals surface area contributed by atoms with E-state index in [1.807, 2.05) is 6.92 Å². The van der Waals surface area contributed by atoms with Crippen molar-refractivity contribution in [1.29, 1.82) is 0 Å². The minimum atomic E-state index is 0.470. The zero-order chi connectivity index (χ0) is 9.97. The third-order valence-electron chi connectivity index (χ3n) is 2.77. The van der Waals surface area contributed by atoms with Gasteiger partial charge in [-0.25, -0.2) is 0 Å². The number of hydrogen-bond donors (Lipinski definition) is 1. The molecule has 1 fully saturated rings. The molecule has 78 valence electrons. The summed E-state index contributed by atoms with van der Waals surface area (Å²) < 4.78 is 3.99. The van der Waals surface area contributed by atoms with Crippen LogP contribution in [0.1, 0.15) is 23.5 Å². The number of rotatable bonds is 2. The normalized spacial score (nSPS) is 21.0. The number of nitrogens with zero attached hydrogens (tertiary/aromatic N) is 3. The molecule has 0 amide bonds. The SMILES string of the molecule is Cc1nnsc1C(C)N1CCNCC1. The molecule has 1 N–H and O–H groups in total. The van der Waals surface area contributed by atoms with Crippen molar-refractivity contribution in [2.45, 2.75) is 19.9 Å². The minimum Gasteiger partial charge on any atom is -0.314 e. The Bertz CT molecular complexity index is 293. The van der Waals surface area contributed by atoms with Crippen molar-refractivity contribution >= 4 is 11.5 Å². The maximum absolute atomic E-state index is 4.06. The molecule has 1 unspecified atom stereocenters. The summed E-state index contributed by atoms with van der Waals surface area (Å²) in [5, 5.41) is 7.42. The van der Waals surface area contributed by atoms with E-state index in [4.69, 9.17) is 0 Å². The number of aromatic nitrogens is 2. The molecule has 1 saturated heterocycles. The van der Waals surface area contributed by atoms with Gasteiger partial charge in [0.2, 0.25) is 0 Å². The molecule has 0 bridgehead atoms. The lowest BCUT2D eigenvalue weighted by molar-refractivity contribution is 0.187. The first kappa shape index (κ1) is 10.0. The largest absolute Gasteiger partial charge is 0.314 e. The Balaban J connectivity index is 2.07. The average Bonchev–Trinajstić information content (AvgIpc) is 2.65. The fourth-order valence-corrected chi connectivity index (χ4v) is 2.58. The van der Waals surface area contributed by atoms with Crippen LogP contribution in [-0.4, -0.2) is 40.7 Å². The molecule has 1 aliphatic heterocycles. The van der Waals surface area contributed by atoms with Gasteiger partial charge < -0.3 is 5.32 Å². The molecule has 2 heterocycles. The standard InChI is InChI=1S/C9H16N4S/c1-7-9(14-12-11-7)8(2)13-5-3-10-4-6-13/h8,10H,3-6H2,1-2H3. The molecular weight excluding hydrogens is 196 g/mol. The quantitative estimate of drug-likeness (QED) is 0.788. The van der Waals surface area contributed by atoms with E-state index in [-0.39, 0.29) is 0 Å². The minimum absolute atomic E-state index is 0.470. The fourth-order valence-electron chi connectivity index (χ4n) is 1.85. The van der Waals surface area contributed by atoms with Crippen molar-refractivity contribution in [3.8, 4) is 0 Å². The van der Waals surface area contributed by atoms with Crippen molar-refractivity contribution in [3.05, 3.63) is 10.6 Å². The van der Waals surface area contributed by atoms with Gasteiger partial charge in [-0.2, -0.15) is 0 Å². The van der Waals surface area contributed by atoms with Crippen LogP contribution in [-0.2, 0) is 0 Å². The van der Waals surface area contributed by atoms with Crippen molar-refractivity contribution in [2.24, 2.45) is 0 Å². The van der Waals surface area contributed by atoms with Crippen LogP contribution < -0.4 is 5.32 Å². The van der Waals surface area contributed by atoms with Gasteiger partial charge in [0.25, 0.3) is 0 Å². The Morgan fingerprint density at radius 1 is 1.43 bits per heavy atom. The predicted molar refractivity (Wildman–Crippen MR) is 57.5 cm³/mol. The monoisotopic (exact) mass is 212 g/mol. The second-order valence-corrected chi connectivity index (χ2v) is 4.47. The number of aryl methyl sites for hydroxylation is 1. The molecule has 0 spiro atoms. The van der Waals surface area contributed by atoms with Crippen LogP contribution in [0.5, 0.6) is 0 Å². The van der Waals surface area contributed by atoms with Gasteiger partial charge in [0.1, 0.15) is 0 Å². The van der Waals surface area contributed by atoms with Gasteiger partial charge in [-0.3, -0.25) is 4.90 Å². The maximum atomic E-state index is 4.06. The summed E-state index contributed by atoms with van der Waals surface area (Å²) in [6.45, 7) is 8.72. The summed E-state index contributed by atoms with van der Waals surface area (Å²) >= 11 is 1.53. The topological polar surface area (TPSA) is 41.1 Å². The van der Waals surface area contributed by atoms with E-state index >= 15 is 0 Å². The van der Waals surface area contributed by atoms with E-state index in [9.17, 15) is 0 Å². The van der Waals surface area contributed by atoms with E-state index < -0.39 is 0 Å². The van der Waals surface area contributed by atoms with Crippen LogP contribution in [0.15, 0.2) is 0 Å². The van der Waals surface area contributed by atoms with Crippen LogP contribution >= 0.6 is 11.5 Å². The number of hydrogen-bond acceptors (Lipinski definition) is 5. The Morgan fingerprint density at radius 3 is 2.71 bits per heavy atom. The van der Waals surface area contributed by atoms with E-state index in [0.29, 0.717) is 6.04 Å². The lowest BCUT2D eigenvalue weighted by Crippen LogP contribution is -2.44. The summed E-state index contributed by atoms with van der Waals surface area (Å²) in [5.41, 5.74) is 1.08. The first-order valence-electron chi connectivity index (χ1n) is 5.02. The van der Waals surface area contributed by atoms with Crippen molar-refractivity contribution < 1.29 is 0 Å². The van der Waals surface area contributed by atoms with E-state index in [0.717, 1.165) is 31.9 Å². The third-order valence-corrected chi connectivity index (χ3v) is 3.76. The number of piperazine rings is 1. The summed E-state index contributed by atoms with van der Waals surface area (Å²) in [5.74, 6) is 0. The van der Waals surface area contributed by atoms with Crippen LogP contribution in [0.25, 0.3) is 0 Å². The second-order valence-electron chi connectivity index (χ2n) is 3.68. The highest BCUT2D eigenvalue weighted by Gasteiger charge is 2.21. The number of nitrogens with one attached hydrogen (secondary N) is 1. The molecule has 1 aliphatic rings. The van der Waals surface area contributed by atoms with Crippen LogP contribution in [0.2, 0.25) is 0 Å². The molecule has 5 heteroatoms. The summed E-state index contributed by atoms with van der Waals surface area (Å²) in [6, 6.07) is 0.470. The van der Waals surface area contributed by atoms with Crippen LogP contribution in [0.4, 0.5) is 0 Å². The molecule has 4 nitrogen and oxygen atoms in total. The van der Waals surface area contributed by atoms with Gasteiger partial charge >= 0.3 is 0 Å². The van der Waals surface area contributed by atoms with Gasteiger partial charge in [-0.05, 0) is 25.4 Å². The van der Waals surface area contributed by atoms with Crippen molar-refractivity contribution in [3.63, 3.8) is 0 Å². The molecule has 14 heavy (non-hydrogen) atoms. The third kappa shape index (κ3) is 1.94. The Morgan fingerprint density at radius 2 is 2.14 bits per heavy atom. The molecule has 1 aromatic heterocycles. The predicted octanol–water partition coefficient (Wildman–Crippen LogP) is 0.813. The lowest BCUT2D eigenvalue weighted by atomic mass is 10.2. The highest BCUT2D eigenvalue weighted by Crippen LogP contribution is 2.25. The van der Waals surface area contributed by atoms with Crippen molar-refractivity contribution in [2.75, 3.05) is 26.2 Å². The highest BCUT2D eigenvalue weighted by atomic mass is 32.1. The molecule has 0 aliphatic carbocycles.